The molecular weight excluding hydrogens is 128 g/mol. The van der Waals surface area contributed by atoms with Gasteiger partial charge in [0, 0.05) is 5.92 Å². The molecule has 0 fully saturated rings. The van der Waals surface area contributed by atoms with Crippen LogP contribution in [0.25, 0.3) is 0 Å². The Morgan fingerprint density at radius 2 is 2.30 bits per heavy atom. The molecule has 0 aliphatic heterocycles. The summed E-state index contributed by atoms with van der Waals surface area (Å²) in [6, 6.07) is 0. The van der Waals surface area contributed by atoms with Gasteiger partial charge in [-0.3, -0.25) is 0 Å². The van der Waals surface area contributed by atoms with Crippen molar-refractivity contribution in [2.24, 2.45) is 5.92 Å². The van der Waals surface area contributed by atoms with Crippen LogP contribution in [0.1, 0.15) is 26.7 Å². The lowest BCUT2D eigenvalue weighted by molar-refractivity contribution is -0.295. The minimum absolute atomic E-state index is 0.169. The highest BCUT2D eigenvalue weighted by Crippen LogP contribution is 2.01. The van der Waals surface area contributed by atoms with Crippen molar-refractivity contribution in [1.29, 1.82) is 0 Å². The summed E-state index contributed by atoms with van der Waals surface area (Å²) < 4.78 is 0. The summed E-state index contributed by atoms with van der Waals surface area (Å²) in [4.78, 5) is 9.82. The van der Waals surface area contributed by atoms with Gasteiger partial charge in [0.1, 0.15) is 5.97 Å². The number of aliphatic carboxylic acids is 1. The van der Waals surface area contributed by atoms with Crippen LogP contribution in [0.2, 0.25) is 0 Å². The lowest BCUT2D eigenvalue weighted by Gasteiger charge is -1.97. The second-order valence-electron chi connectivity index (χ2n) is 2.25. The maximum atomic E-state index is 9.82. The maximum Gasteiger partial charge on any atom is 0.116 e. The highest BCUT2D eigenvalue weighted by atomic mass is 16.4. The van der Waals surface area contributed by atoms with Crippen molar-refractivity contribution in [1.82, 2.24) is 0 Å². The van der Waals surface area contributed by atoms with Crippen LogP contribution in [-0.4, -0.2) is 5.97 Å². The van der Waals surface area contributed by atoms with Crippen LogP contribution in [0.5, 0.6) is 0 Å². The lowest BCUT2D eigenvalue weighted by atomic mass is 10.1. The number of carboxylic acids is 1. The molecule has 0 aliphatic carbocycles. The largest absolute Gasteiger partial charge is 0.537 e. The van der Waals surface area contributed by atoms with E-state index >= 15 is 0 Å². The number of carboxylic acid groups (broad SMARTS) is 1. The Bertz CT molecular complexity index is 162. The van der Waals surface area contributed by atoms with E-state index in [1.54, 1.807) is 0 Å². The first-order valence-electron chi connectivity index (χ1n) is 3.39. The third kappa shape index (κ3) is 5.17. The van der Waals surface area contributed by atoms with E-state index in [1.807, 2.05) is 19.8 Å². The zero-order chi connectivity index (χ0) is 7.98. The van der Waals surface area contributed by atoms with Crippen molar-refractivity contribution in [3.05, 3.63) is 0 Å². The third-order valence-electron chi connectivity index (χ3n) is 1.14. The molecule has 56 valence electrons. The van der Waals surface area contributed by atoms with Gasteiger partial charge < -0.3 is 9.90 Å². The highest BCUT2D eigenvalue weighted by molar-refractivity contribution is 5.84. The Hall–Kier alpha value is -0.970. The van der Waals surface area contributed by atoms with E-state index < -0.39 is 5.97 Å². The van der Waals surface area contributed by atoms with Crippen LogP contribution in [0.4, 0.5) is 0 Å². The Morgan fingerprint density at radius 1 is 1.70 bits per heavy atom. The Morgan fingerprint density at radius 3 is 2.70 bits per heavy atom. The first-order valence-corrected chi connectivity index (χ1v) is 3.39. The molecule has 0 N–H and O–H groups in total. The van der Waals surface area contributed by atoms with E-state index in [0.717, 1.165) is 12.8 Å². The Balaban J connectivity index is 3.68. The smallest absolute Gasteiger partial charge is 0.116 e. The third-order valence-corrected chi connectivity index (χ3v) is 1.14. The molecule has 0 rings (SSSR count). The molecule has 0 saturated carbocycles. The average Bonchev–Trinajstić information content (AvgIpc) is 1.85. The minimum atomic E-state index is -1.29. The van der Waals surface area contributed by atoms with Crippen molar-refractivity contribution in [3.8, 4) is 11.8 Å². The zero-order valence-electron chi connectivity index (χ0n) is 6.31. The van der Waals surface area contributed by atoms with E-state index in [4.69, 9.17) is 0 Å². The Labute approximate surface area is 61.2 Å². The fraction of sp³-hybridized carbons (Fsp3) is 0.625. The van der Waals surface area contributed by atoms with Gasteiger partial charge in [-0.2, -0.15) is 0 Å². The fourth-order valence-corrected chi connectivity index (χ4v) is 0.687. The summed E-state index contributed by atoms with van der Waals surface area (Å²) >= 11 is 0. The first-order chi connectivity index (χ1) is 4.66. The summed E-state index contributed by atoms with van der Waals surface area (Å²) in [6.45, 7) is 3.94. The van der Waals surface area contributed by atoms with Crippen molar-refractivity contribution in [3.63, 3.8) is 0 Å². The summed E-state index contributed by atoms with van der Waals surface area (Å²) in [5.74, 6) is 3.44. The van der Waals surface area contributed by atoms with Gasteiger partial charge in [0.05, 0.1) is 0 Å². The van der Waals surface area contributed by atoms with E-state index in [1.165, 1.54) is 0 Å². The molecule has 0 saturated heterocycles. The van der Waals surface area contributed by atoms with E-state index in [9.17, 15) is 9.90 Å². The molecule has 0 aromatic rings. The average molecular weight is 139 g/mol. The van der Waals surface area contributed by atoms with Gasteiger partial charge in [0.15, 0.2) is 0 Å². The minimum Gasteiger partial charge on any atom is -0.537 e. The molecule has 0 spiro atoms. The molecule has 0 radical (unpaired) electrons. The van der Waals surface area contributed by atoms with Crippen LogP contribution in [0.3, 0.4) is 0 Å². The predicted octanol–water partition coefficient (Wildman–Crippen LogP) is 0.176. The topological polar surface area (TPSA) is 40.1 Å². The summed E-state index contributed by atoms with van der Waals surface area (Å²) in [5.41, 5.74) is 0. The molecule has 0 aliphatic rings. The van der Waals surface area contributed by atoms with Crippen LogP contribution < -0.4 is 5.11 Å². The molecule has 1 unspecified atom stereocenters. The van der Waals surface area contributed by atoms with Crippen molar-refractivity contribution in [2.75, 3.05) is 0 Å². The second-order valence-corrected chi connectivity index (χ2v) is 2.25. The zero-order valence-corrected chi connectivity index (χ0v) is 6.31. The summed E-state index contributed by atoms with van der Waals surface area (Å²) in [5, 5.41) is 9.82. The number of hydrogen-bond acceptors (Lipinski definition) is 2. The van der Waals surface area contributed by atoms with E-state index in [2.05, 4.69) is 5.92 Å². The summed E-state index contributed by atoms with van der Waals surface area (Å²) in [7, 11) is 0. The van der Waals surface area contributed by atoms with Gasteiger partial charge in [-0.05, 0) is 12.3 Å². The molecule has 10 heavy (non-hydrogen) atoms. The number of hydrogen-bond donors (Lipinski definition) is 0. The molecule has 1 atom stereocenters. The Kier molecular flexibility index (Phi) is 4.39. The van der Waals surface area contributed by atoms with Crippen LogP contribution in [0.15, 0.2) is 0 Å². The van der Waals surface area contributed by atoms with Gasteiger partial charge in [-0.1, -0.05) is 26.2 Å². The maximum absolute atomic E-state index is 9.82. The van der Waals surface area contributed by atoms with E-state index in [-0.39, 0.29) is 5.92 Å². The van der Waals surface area contributed by atoms with Gasteiger partial charge in [-0.15, -0.1) is 0 Å². The number of rotatable bonds is 2. The molecule has 0 aromatic heterocycles. The quantitative estimate of drug-likeness (QED) is 0.512. The predicted molar refractivity (Wildman–Crippen MR) is 36.9 cm³/mol. The van der Waals surface area contributed by atoms with Gasteiger partial charge in [0.2, 0.25) is 0 Å². The molecule has 0 heterocycles. The fourth-order valence-electron chi connectivity index (χ4n) is 0.687. The molecular formula is C8H11O2-. The first kappa shape index (κ1) is 9.03. The molecule has 0 aromatic carbocycles. The molecule has 0 amide bonds. The van der Waals surface area contributed by atoms with E-state index in [0.29, 0.717) is 0 Å². The van der Waals surface area contributed by atoms with Crippen LogP contribution in [0, 0.1) is 17.8 Å². The molecule has 2 nitrogen and oxygen atoms in total. The number of carbonyl (C=O) groups excluding carboxylic acids is 1. The second kappa shape index (κ2) is 4.87. The SMILES string of the molecule is CCCC(C)C#CC(=O)[O-]. The number of carbonyl (C=O) groups is 1. The van der Waals surface area contributed by atoms with Crippen LogP contribution >= 0.6 is 0 Å². The molecule has 2 heteroatoms. The standard InChI is InChI=1S/C8H12O2/c1-3-4-7(2)5-6-8(9)10/h7H,3-4H2,1-2H3,(H,9,10)/p-1. The van der Waals surface area contributed by atoms with Gasteiger partial charge in [-0.25, -0.2) is 0 Å². The van der Waals surface area contributed by atoms with Gasteiger partial charge in [0.25, 0.3) is 0 Å². The molecule has 0 bridgehead atoms. The van der Waals surface area contributed by atoms with Crippen LogP contribution in [-0.2, 0) is 4.79 Å². The normalized spacial score (nSPS) is 11.4. The monoisotopic (exact) mass is 139 g/mol. The van der Waals surface area contributed by atoms with Crippen molar-refractivity contribution in [2.45, 2.75) is 26.7 Å². The highest BCUT2D eigenvalue weighted by Gasteiger charge is 1.91. The van der Waals surface area contributed by atoms with Gasteiger partial charge >= 0.3 is 0 Å². The van der Waals surface area contributed by atoms with Crippen molar-refractivity contribution < 1.29 is 9.90 Å². The van der Waals surface area contributed by atoms with Crippen molar-refractivity contribution >= 4 is 5.97 Å². The summed E-state index contributed by atoms with van der Waals surface area (Å²) in [6.07, 6.45) is 1.98. The lowest BCUT2D eigenvalue weighted by Crippen LogP contribution is -2.19.